The van der Waals surface area contributed by atoms with Gasteiger partial charge in [0, 0.05) is 30.5 Å². The molecule has 0 bridgehead atoms. The number of nitrogens with two attached hydrogens (primary N) is 1. The van der Waals surface area contributed by atoms with E-state index in [2.05, 4.69) is 9.98 Å². The molecule has 2 saturated carbocycles. The molecule has 166 valence electrons. The van der Waals surface area contributed by atoms with Gasteiger partial charge in [0.05, 0.1) is 15.3 Å². The van der Waals surface area contributed by atoms with Crippen molar-refractivity contribution in [2.45, 2.75) is 49.3 Å². The van der Waals surface area contributed by atoms with Crippen molar-refractivity contribution in [3.8, 4) is 0 Å². The molecule has 0 unspecified atom stereocenters. The maximum Gasteiger partial charge on any atom is 0.185 e. The Hall–Kier alpha value is -2.25. The number of benzene rings is 1. The number of pyridine rings is 1. The van der Waals surface area contributed by atoms with Crippen molar-refractivity contribution >= 4 is 40.1 Å². The van der Waals surface area contributed by atoms with E-state index in [1.165, 1.54) is 24.0 Å². The zero-order chi connectivity index (χ0) is 22.7. The van der Waals surface area contributed by atoms with Gasteiger partial charge in [-0.15, -0.1) is 0 Å². The molecule has 3 aliphatic rings. The third-order valence-corrected chi connectivity index (χ3v) is 8.38. The van der Waals surface area contributed by atoms with Crippen LogP contribution in [0.3, 0.4) is 0 Å². The van der Waals surface area contributed by atoms with Crippen LogP contribution in [0, 0.1) is 17.7 Å². The first kappa shape index (κ1) is 21.6. The highest BCUT2D eigenvalue weighted by Crippen LogP contribution is 2.67. The van der Waals surface area contributed by atoms with Crippen LogP contribution in [-0.2, 0) is 16.8 Å². The number of rotatable bonds is 7. The van der Waals surface area contributed by atoms with Crippen LogP contribution in [0.15, 0.2) is 41.5 Å². The number of carbonyl (C=O) groups excluding carboxylic acids is 2. The van der Waals surface area contributed by atoms with E-state index in [1.807, 2.05) is 6.92 Å². The van der Waals surface area contributed by atoms with E-state index in [0.717, 1.165) is 12.8 Å². The maximum absolute atomic E-state index is 15.1. The van der Waals surface area contributed by atoms with Gasteiger partial charge in [-0.25, -0.2) is 4.39 Å². The van der Waals surface area contributed by atoms with E-state index in [0.29, 0.717) is 45.8 Å². The summed E-state index contributed by atoms with van der Waals surface area (Å²) in [5, 5.41) is 0.768. The minimum absolute atomic E-state index is 0.0718. The molecule has 1 aromatic carbocycles. The van der Waals surface area contributed by atoms with Crippen molar-refractivity contribution in [1.29, 1.82) is 0 Å². The van der Waals surface area contributed by atoms with Gasteiger partial charge in [-0.05, 0) is 61.9 Å². The molecule has 0 amide bonds. The number of nitrogens with zero attached hydrogens (tertiary/aromatic N) is 2. The van der Waals surface area contributed by atoms with Gasteiger partial charge in [0.25, 0.3) is 0 Å². The lowest BCUT2D eigenvalue weighted by molar-refractivity contribution is -0.120. The van der Waals surface area contributed by atoms with Crippen LogP contribution < -0.4 is 5.73 Å². The summed E-state index contributed by atoms with van der Waals surface area (Å²) in [6, 6.07) is 7.83. The minimum atomic E-state index is -0.948. The maximum atomic E-state index is 15.1. The van der Waals surface area contributed by atoms with E-state index in [4.69, 9.17) is 17.3 Å². The quantitative estimate of drug-likeness (QED) is 0.591. The number of hydrogen-bond acceptors (Lipinski definition) is 6. The fourth-order valence-electron chi connectivity index (χ4n) is 4.78. The zero-order valence-electron chi connectivity index (χ0n) is 17.6. The summed E-state index contributed by atoms with van der Waals surface area (Å²) in [7, 11) is 0. The van der Waals surface area contributed by atoms with Crippen LogP contribution in [0.1, 0.15) is 54.2 Å². The van der Waals surface area contributed by atoms with E-state index in [-0.39, 0.29) is 23.9 Å². The topological polar surface area (TPSA) is 85.4 Å². The lowest BCUT2D eigenvalue weighted by Crippen LogP contribution is -2.39. The zero-order valence-corrected chi connectivity index (χ0v) is 19.2. The molecule has 0 saturated heterocycles. The Morgan fingerprint density at radius 2 is 2.06 bits per heavy atom. The average molecular weight is 472 g/mol. The number of carbonyl (C=O) groups is 2. The molecule has 2 aliphatic carbocycles. The second-order valence-electron chi connectivity index (χ2n) is 9.19. The fourth-order valence-corrected chi connectivity index (χ4v) is 6.32. The highest BCUT2D eigenvalue weighted by molar-refractivity contribution is 8.15. The van der Waals surface area contributed by atoms with Crippen molar-refractivity contribution in [3.05, 3.63) is 64.2 Å². The van der Waals surface area contributed by atoms with E-state index in [1.54, 1.807) is 24.3 Å². The Balaban J connectivity index is 1.43. The third kappa shape index (κ3) is 3.75. The molecule has 1 aliphatic heterocycles. The van der Waals surface area contributed by atoms with Gasteiger partial charge in [0.1, 0.15) is 17.3 Å². The number of hydrogen-bond donors (Lipinski definition) is 1. The molecule has 32 heavy (non-hydrogen) atoms. The highest BCUT2D eigenvalue weighted by Gasteiger charge is 2.70. The van der Waals surface area contributed by atoms with Gasteiger partial charge in [0.2, 0.25) is 0 Å². The lowest BCUT2D eigenvalue weighted by atomic mass is 9.83. The second kappa shape index (κ2) is 7.66. The molecule has 2 fully saturated rings. The first-order valence-corrected chi connectivity index (χ1v) is 11.9. The minimum Gasteiger partial charge on any atom is -0.378 e. The third-order valence-electron chi connectivity index (χ3n) is 6.81. The van der Waals surface area contributed by atoms with Crippen LogP contribution in [0.4, 0.5) is 4.39 Å². The molecule has 2 heterocycles. The van der Waals surface area contributed by atoms with Gasteiger partial charge in [-0.2, -0.15) is 0 Å². The van der Waals surface area contributed by atoms with Crippen LogP contribution in [0.5, 0.6) is 0 Å². The summed E-state index contributed by atoms with van der Waals surface area (Å²) in [4.78, 5) is 34.4. The summed E-state index contributed by atoms with van der Waals surface area (Å²) in [6.07, 6.45) is 4.91. The van der Waals surface area contributed by atoms with Gasteiger partial charge in [-0.3, -0.25) is 19.6 Å². The van der Waals surface area contributed by atoms with Crippen molar-refractivity contribution in [2.75, 3.05) is 0 Å². The SMILES string of the molecule is C[C@]1(c2cc(CC(=O)c3ccc(Cl)cn3)ccc2F)N=C(N)S[C@@]2(C(=O)CC3CC3)C[C@H]21. The van der Waals surface area contributed by atoms with Crippen LogP contribution >= 0.6 is 23.4 Å². The Morgan fingerprint density at radius 1 is 1.28 bits per heavy atom. The predicted molar refractivity (Wildman–Crippen MR) is 123 cm³/mol. The number of thioether (sulfide) groups is 1. The molecule has 1 aromatic heterocycles. The van der Waals surface area contributed by atoms with Gasteiger partial charge in [0.15, 0.2) is 11.0 Å². The number of ketones is 2. The van der Waals surface area contributed by atoms with E-state index < -0.39 is 16.1 Å². The van der Waals surface area contributed by atoms with Crippen molar-refractivity contribution < 1.29 is 14.0 Å². The molecule has 2 aromatic rings. The monoisotopic (exact) mass is 471 g/mol. The van der Waals surface area contributed by atoms with Crippen LogP contribution in [0.25, 0.3) is 0 Å². The van der Waals surface area contributed by atoms with Crippen molar-refractivity contribution in [1.82, 2.24) is 4.98 Å². The normalized spacial score (nSPS) is 28.6. The fraction of sp³-hybridized carbons (Fsp3) is 0.417. The summed E-state index contributed by atoms with van der Waals surface area (Å²) < 4.78 is 14.5. The average Bonchev–Trinajstić information content (AvgIpc) is 3.66. The predicted octanol–water partition coefficient (Wildman–Crippen LogP) is 4.70. The largest absolute Gasteiger partial charge is 0.378 e. The van der Waals surface area contributed by atoms with E-state index in [9.17, 15) is 9.59 Å². The molecule has 5 nitrogen and oxygen atoms in total. The van der Waals surface area contributed by atoms with E-state index >= 15 is 4.39 Å². The molecule has 0 radical (unpaired) electrons. The Morgan fingerprint density at radius 3 is 2.75 bits per heavy atom. The first-order chi connectivity index (χ1) is 15.2. The molecule has 0 spiro atoms. The molecule has 5 rings (SSSR count). The summed E-state index contributed by atoms with van der Waals surface area (Å²) in [5.41, 5.74) is 6.54. The molecule has 8 heteroatoms. The molecular formula is C24H23ClFN3O2S. The summed E-state index contributed by atoms with van der Waals surface area (Å²) >= 11 is 7.19. The highest BCUT2D eigenvalue weighted by atomic mass is 35.5. The number of fused-ring (bicyclic) bond motifs is 1. The smallest absolute Gasteiger partial charge is 0.185 e. The number of aromatic nitrogens is 1. The summed E-state index contributed by atoms with van der Waals surface area (Å²) in [5.74, 6) is -0.0200. The van der Waals surface area contributed by atoms with Crippen LogP contribution in [0.2, 0.25) is 5.02 Å². The standard InChI is InChI=1S/C24H23ClFN3O2S/c1-23(20-11-24(20,32-22(27)29-23)21(31)10-13-2-3-13)16-8-14(4-6-17(16)26)9-19(30)18-7-5-15(25)12-28-18/h4-8,12-13,20H,2-3,9-11H2,1H3,(H2,27,29)/t20-,23+,24-/m0/s1. The first-order valence-electron chi connectivity index (χ1n) is 10.7. The summed E-state index contributed by atoms with van der Waals surface area (Å²) in [6.45, 7) is 1.85. The Bertz CT molecular complexity index is 1150. The molecule has 3 atom stereocenters. The Kier molecular flexibility index (Phi) is 5.17. The molecule has 2 N–H and O–H groups in total. The molecular weight excluding hydrogens is 449 g/mol. The number of amidine groups is 1. The Labute approximate surface area is 195 Å². The van der Waals surface area contributed by atoms with Gasteiger partial charge >= 0.3 is 0 Å². The number of Topliss-reactive ketones (excluding diaryl/α,β-unsaturated/α-hetero) is 2. The van der Waals surface area contributed by atoms with Crippen molar-refractivity contribution in [3.63, 3.8) is 0 Å². The number of halogens is 2. The second-order valence-corrected chi connectivity index (χ2v) is 11.0. The number of aliphatic imine (C=N–C) groups is 1. The van der Waals surface area contributed by atoms with Gasteiger partial charge in [-0.1, -0.05) is 29.4 Å². The lowest BCUT2D eigenvalue weighted by Gasteiger charge is -2.34. The van der Waals surface area contributed by atoms with Crippen LogP contribution in [-0.4, -0.2) is 26.5 Å². The van der Waals surface area contributed by atoms with Crippen molar-refractivity contribution in [2.24, 2.45) is 22.6 Å². The van der Waals surface area contributed by atoms with Gasteiger partial charge < -0.3 is 5.73 Å².